The number of nitriles is 1. The van der Waals surface area contributed by atoms with E-state index in [-0.39, 0.29) is 23.4 Å². The van der Waals surface area contributed by atoms with Crippen molar-refractivity contribution in [1.29, 1.82) is 5.26 Å². The van der Waals surface area contributed by atoms with Gasteiger partial charge in [0.2, 0.25) is 5.88 Å². The van der Waals surface area contributed by atoms with Gasteiger partial charge in [0.05, 0.1) is 19.2 Å². The van der Waals surface area contributed by atoms with Crippen molar-refractivity contribution in [2.24, 2.45) is 10.2 Å². The number of nitrogens with zero attached hydrogens (tertiary/aromatic N) is 4. The van der Waals surface area contributed by atoms with Crippen LogP contribution in [0.3, 0.4) is 0 Å². The van der Waals surface area contributed by atoms with Crippen LogP contribution in [-0.2, 0) is 13.0 Å². The van der Waals surface area contributed by atoms with Gasteiger partial charge in [-0.25, -0.2) is 0 Å². The van der Waals surface area contributed by atoms with Gasteiger partial charge in [0.15, 0.2) is 17.2 Å². The number of hydrogen-bond acceptors (Lipinski definition) is 7. The van der Waals surface area contributed by atoms with E-state index in [1.54, 1.807) is 50.4 Å². The van der Waals surface area contributed by atoms with E-state index in [1.807, 2.05) is 12.1 Å². The number of methoxy groups -OCH3 is 2. The minimum atomic E-state index is -0.560. The Morgan fingerprint density at radius 1 is 1.12 bits per heavy atom. The minimum Gasteiger partial charge on any atom is -0.493 e. The lowest BCUT2D eigenvalue weighted by Gasteiger charge is -2.14. The molecule has 0 aliphatic carbocycles. The molecule has 0 radical (unpaired) electrons. The van der Waals surface area contributed by atoms with Crippen molar-refractivity contribution in [2.75, 3.05) is 14.2 Å². The van der Waals surface area contributed by atoms with Crippen LogP contribution < -0.4 is 15.0 Å². The Morgan fingerprint density at radius 2 is 1.84 bits per heavy atom. The van der Waals surface area contributed by atoms with Gasteiger partial charge in [-0.15, -0.1) is 10.2 Å². The molecule has 0 bridgehead atoms. The van der Waals surface area contributed by atoms with Gasteiger partial charge in [-0.2, -0.15) is 5.26 Å². The van der Waals surface area contributed by atoms with Crippen molar-refractivity contribution in [3.63, 3.8) is 0 Å². The highest BCUT2D eigenvalue weighted by atomic mass is 35.5. The van der Waals surface area contributed by atoms with Crippen LogP contribution in [-0.4, -0.2) is 23.9 Å². The van der Waals surface area contributed by atoms with E-state index in [1.165, 1.54) is 7.11 Å². The first kappa shape index (κ1) is 22.8. The monoisotopic (exact) mass is 452 g/mol. The second-order valence-electron chi connectivity index (χ2n) is 6.83. The maximum Gasteiger partial charge on any atom is 0.281 e. The highest BCUT2D eigenvalue weighted by Gasteiger charge is 2.19. The average Bonchev–Trinajstić information content (AvgIpc) is 2.80. The number of ether oxygens (including phenoxy) is 2. The predicted octanol–water partition coefficient (Wildman–Crippen LogP) is 5.06. The largest absolute Gasteiger partial charge is 0.493 e. The Morgan fingerprint density at radius 3 is 2.50 bits per heavy atom. The standard InChI is InChI=1S/C23H21ClN4O4/c1-14-16(13-25)22(29)28(11-10-15-8-9-19(31-2)20(12-15)32-3)23(30)21(14)27-26-18-7-5-4-6-17(18)24/h4-9,12,29H,10-11H2,1-3H3. The number of hydrogen-bond donors (Lipinski definition) is 1. The summed E-state index contributed by atoms with van der Waals surface area (Å²) in [6, 6.07) is 14.1. The molecule has 0 saturated carbocycles. The zero-order valence-electron chi connectivity index (χ0n) is 17.8. The molecule has 0 aliphatic heterocycles. The molecule has 0 saturated heterocycles. The molecule has 3 aromatic rings. The number of benzene rings is 2. The summed E-state index contributed by atoms with van der Waals surface area (Å²) in [5, 5.41) is 28.6. The van der Waals surface area contributed by atoms with Crippen molar-refractivity contribution in [3.05, 3.63) is 74.5 Å². The normalized spacial score (nSPS) is 10.8. The molecule has 32 heavy (non-hydrogen) atoms. The minimum absolute atomic E-state index is 0.0356. The van der Waals surface area contributed by atoms with Crippen LogP contribution in [0, 0.1) is 18.3 Å². The van der Waals surface area contributed by atoms with Crippen LogP contribution in [0.2, 0.25) is 5.02 Å². The van der Waals surface area contributed by atoms with E-state index in [0.29, 0.717) is 28.6 Å². The number of rotatable bonds is 7. The quantitative estimate of drug-likeness (QED) is 0.503. The second-order valence-corrected chi connectivity index (χ2v) is 7.24. The summed E-state index contributed by atoms with van der Waals surface area (Å²) in [6.45, 7) is 1.66. The first-order chi connectivity index (χ1) is 15.4. The number of aromatic hydroxyl groups is 1. The predicted molar refractivity (Wildman–Crippen MR) is 121 cm³/mol. The molecule has 1 N–H and O–H groups in total. The molecule has 0 atom stereocenters. The van der Waals surface area contributed by atoms with Crippen LogP contribution in [0.1, 0.15) is 16.7 Å². The molecule has 1 heterocycles. The molecular weight excluding hydrogens is 432 g/mol. The molecule has 9 heteroatoms. The van der Waals surface area contributed by atoms with Crippen LogP contribution in [0.15, 0.2) is 57.5 Å². The first-order valence-corrected chi connectivity index (χ1v) is 10.0. The van der Waals surface area contributed by atoms with Gasteiger partial charge in [-0.1, -0.05) is 29.8 Å². The summed E-state index contributed by atoms with van der Waals surface area (Å²) in [4.78, 5) is 13.1. The van der Waals surface area contributed by atoms with E-state index in [2.05, 4.69) is 10.2 Å². The van der Waals surface area contributed by atoms with Gasteiger partial charge >= 0.3 is 0 Å². The summed E-state index contributed by atoms with van der Waals surface area (Å²) in [7, 11) is 3.08. The number of halogens is 1. The fourth-order valence-corrected chi connectivity index (χ4v) is 3.35. The number of aryl methyl sites for hydroxylation is 1. The average molecular weight is 453 g/mol. The summed E-state index contributed by atoms with van der Waals surface area (Å²) >= 11 is 6.10. The Bertz CT molecular complexity index is 1280. The van der Waals surface area contributed by atoms with Gasteiger partial charge in [-0.05, 0) is 43.2 Å². The lowest BCUT2D eigenvalue weighted by molar-refractivity contribution is 0.354. The molecule has 164 valence electrons. The van der Waals surface area contributed by atoms with Crippen LogP contribution in [0.25, 0.3) is 0 Å². The summed E-state index contributed by atoms with van der Waals surface area (Å²) < 4.78 is 11.7. The third kappa shape index (κ3) is 4.58. The maximum absolute atomic E-state index is 13.1. The van der Waals surface area contributed by atoms with E-state index >= 15 is 0 Å². The molecule has 0 unspecified atom stereocenters. The van der Waals surface area contributed by atoms with Crippen molar-refractivity contribution >= 4 is 23.0 Å². The summed E-state index contributed by atoms with van der Waals surface area (Å²) in [6.07, 6.45) is 0.392. The third-order valence-electron chi connectivity index (χ3n) is 4.95. The van der Waals surface area contributed by atoms with Gasteiger partial charge < -0.3 is 14.6 Å². The van der Waals surface area contributed by atoms with Crippen molar-refractivity contribution in [1.82, 2.24) is 4.57 Å². The maximum atomic E-state index is 13.1. The topological polar surface area (TPSA) is 109 Å². The van der Waals surface area contributed by atoms with Gasteiger partial charge in [0.25, 0.3) is 5.56 Å². The molecule has 1 aromatic heterocycles. The molecule has 0 aliphatic rings. The Labute approximate surface area is 189 Å². The van der Waals surface area contributed by atoms with Crippen molar-refractivity contribution in [2.45, 2.75) is 19.9 Å². The SMILES string of the molecule is COc1ccc(CCn2c(O)c(C#N)c(C)c(N=Nc3ccccc3Cl)c2=O)cc1OC. The summed E-state index contributed by atoms with van der Waals surface area (Å²) in [5.41, 5.74) is 0.851. The number of pyridine rings is 1. The highest BCUT2D eigenvalue weighted by molar-refractivity contribution is 6.32. The third-order valence-corrected chi connectivity index (χ3v) is 5.27. The summed E-state index contributed by atoms with van der Waals surface area (Å²) in [5.74, 6) is 0.727. The van der Waals surface area contributed by atoms with Gasteiger partial charge in [-0.3, -0.25) is 9.36 Å². The van der Waals surface area contributed by atoms with Gasteiger partial charge in [0.1, 0.15) is 17.3 Å². The molecule has 8 nitrogen and oxygen atoms in total. The van der Waals surface area contributed by atoms with Crippen molar-refractivity contribution < 1.29 is 14.6 Å². The first-order valence-electron chi connectivity index (χ1n) is 9.64. The Balaban J connectivity index is 2.00. The molecule has 2 aromatic carbocycles. The fraction of sp³-hybridized carbons (Fsp3) is 0.217. The molecule has 0 amide bonds. The lowest BCUT2D eigenvalue weighted by Crippen LogP contribution is -2.23. The molecular formula is C23H21ClN4O4. The lowest BCUT2D eigenvalue weighted by atomic mass is 10.1. The van der Waals surface area contributed by atoms with E-state index in [0.717, 1.165) is 10.1 Å². The van der Waals surface area contributed by atoms with Gasteiger partial charge in [0, 0.05) is 12.1 Å². The van der Waals surface area contributed by atoms with E-state index in [4.69, 9.17) is 21.1 Å². The second kappa shape index (κ2) is 9.98. The van der Waals surface area contributed by atoms with Crippen LogP contribution in [0.5, 0.6) is 17.4 Å². The number of azo groups is 1. The highest BCUT2D eigenvalue weighted by Crippen LogP contribution is 2.30. The zero-order chi connectivity index (χ0) is 23.3. The van der Waals surface area contributed by atoms with Crippen LogP contribution in [0.4, 0.5) is 11.4 Å². The molecule has 0 fully saturated rings. The zero-order valence-corrected chi connectivity index (χ0v) is 18.6. The van der Waals surface area contributed by atoms with E-state index in [9.17, 15) is 15.2 Å². The molecule has 0 spiro atoms. The smallest absolute Gasteiger partial charge is 0.281 e. The number of aromatic nitrogens is 1. The fourth-order valence-electron chi connectivity index (χ4n) is 3.18. The Kier molecular flexibility index (Phi) is 7.13. The van der Waals surface area contributed by atoms with E-state index < -0.39 is 11.4 Å². The molecule has 3 rings (SSSR count). The van der Waals surface area contributed by atoms with Crippen LogP contribution >= 0.6 is 11.6 Å². The Hall–Kier alpha value is -3.83. The van der Waals surface area contributed by atoms with Crippen molar-refractivity contribution in [3.8, 4) is 23.4 Å².